The number of pyridine rings is 2. The van der Waals surface area contributed by atoms with Crippen LogP contribution in [0.1, 0.15) is 32.1 Å². The third kappa shape index (κ3) is 13.8. The number of benzene rings is 4. The number of hydrogen-bond donors (Lipinski definition) is 1. The summed E-state index contributed by atoms with van der Waals surface area (Å²) in [5, 5.41) is 20.7. The van der Waals surface area contributed by atoms with Gasteiger partial charge in [0, 0.05) is 75.2 Å². The molecule has 0 saturated carbocycles. The predicted molar refractivity (Wildman–Crippen MR) is 240 cm³/mol. The molecule has 2 saturated heterocycles. The third-order valence-corrected chi connectivity index (χ3v) is 13.0. The van der Waals surface area contributed by atoms with Crippen molar-refractivity contribution < 1.29 is 44.7 Å². The van der Waals surface area contributed by atoms with E-state index < -0.39 is 24.9 Å². The summed E-state index contributed by atoms with van der Waals surface area (Å²) in [5.74, 6) is 0.183. The first-order valence-corrected chi connectivity index (χ1v) is 23.9. The van der Waals surface area contributed by atoms with Gasteiger partial charge in [-0.3, -0.25) is 9.59 Å². The molecule has 344 valence electrons. The minimum absolute atomic E-state index is 0.0497. The second-order valence-corrected chi connectivity index (χ2v) is 18.8. The van der Waals surface area contributed by atoms with Crippen LogP contribution >= 0.6 is 10.7 Å². The first-order valence-electron chi connectivity index (χ1n) is 20.2. The first kappa shape index (κ1) is 49.1. The number of nitrogens with zero attached hydrogens (tertiary/aromatic N) is 7. The number of carbonyl (C=O) groups excluding carboxylic acids is 2. The van der Waals surface area contributed by atoms with E-state index in [4.69, 9.17) is 30.7 Å². The fourth-order valence-electron chi connectivity index (χ4n) is 6.34. The fourth-order valence-corrected chi connectivity index (χ4v) is 8.61. The maximum absolute atomic E-state index is 13.1. The van der Waals surface area contributed by atoms with Gasteiger partial charge in [-0.1, -0.05) is 24.3 Å². The molecule has 8 rings (SSSR count). The molecule has 0 aliphatic carbocycles. The molecule has 4 aromatic carbocycles. The smallest absolute Gasteiger partial charge is 0.272 e. The van der Waals surface area contributed by atoms with Crippen LogP contribution in [0.4, 0.5) is 8.78 Å². The van der Waals surface area contributed by atoms with Crippen molar-refractivity contribution in [2.45, 2.75) is 9.79 Å². The van der Waals surface area contributed by atoms with Crippen molar-refractivity contribution in [1.29, 1.82) is 10.5 Å². The highest BCUT2D eigenvalue weighted by atomic mass is 35.7. The Kier molecular flexibility index (Phi) is 16.7. The normalized spacial score (nSPS) is 13.9. The van der Waals surface area contributed by atoms with Crippen molar-refractivity contribution in [3.8, 4) is 35.4 Å². The Morgan fingerprint density at radius 3 is 1.45 bits per heavy atom. The van der Waals surface area contributed by atoms with E-state index in [9.17, 15) is 35.2 Å². The van der Waals surface area contributed by atoms with Gasteiger partial charge in [0.05, 0.1) is 33.1 Å². The quantitative estimate of drug-likeness (QED) is 0.152. The highest BCUT2D eigenvalue weighted by Gasteiger charge is 2.31. The van der Waals surface area contributed by atoms with Gasteiger partial charge in [0.2, 0.25) is 21.8 Å². The lowest BCUT2D eigenvalue weighted by molar-refractivity contribution is 0.0690. The van der Waals surface area contributed by atoms with E-state index in [-0.39, 0.29) is 76.3 Å². The number of aromatic nitrogens is 2. The van der Waals surface area contributed by atoms with Crippen LogP contribution in [0, 0.1) is 34.3 Å². The molecule has 2 aliphatic heterocycles. The van der Waals surface area contributed by atoms with E-state index >= 15 is 0 Å². The van der Waals surface area contributed by atoms with Crippen LogP contribution in [-0.4, -0.2) is 105 Å². The number of rotatable bonds is 9. The highest BCUT2D eigenvalue weighted by Crippen LogP contribution is 2.24. The maximum atomic E-state index is 13.1. The second-order valence-electron chi connectivity index (χ2n) is 14.3. The lowest BCUT2D eigenvalue weighted by Gasteiger charge is -2.33. The minimum Gasteiger partial charge on any atom is -0.439 e. The monoisotopic (exact) mass is 968 g/mol. The van der Waals surface area contributed by atoms with Gasteiger partial charge in [0.25, 0.3) is 20.9 Å². The highest BCUT2D eigenvalue weighted by molar-refractivity contribution is 8.13. The number of piperazine rings is 2. The topological polar surface area (TPSA) is 216 Å². The number of sulfonamides is 1. The first-order chi connectivity index (χ1) is 32.1. The Labute approximate surface area is 389 Å². The van der Waals surface area contributed by atoms with Crippen molar-refractivity contribution >= 4 is 41.6 Å². The molecule has 0 spiro atoms. The zero-order chi connectivity index (χ0) is 48.0. The molecule has 0 radical (unpaired) electrons. The average molecular weight is 969 g/mol. The van der Waals surface area contributed by atoms with Crippen LogP contribution in [0.5, 0.6) is 23.3 Å². The van der Waals surface area contributed by atoms with Crippen molar-refractivity contribution in [2.24, 2.45) is 0 Å². The molecule has 2 aromatic heterocycles. The van der Waals surface area contributed by atoms with E-state index in [0.29, 0.717) is 36.2 Å². The number of ether oxygens (including phenoxy) is 2. The number of amides is 2. The molecule has 6 aromatic rings. The van der Waals surface area contributed by atoms with Crippen molar-refractivity contribution in [2.75, 3.05) is 52.4 Å². The van der Waals surface area contributed by atoms with Crippen LogP contribution in [0.3, 0.4) is 0 Å². The Balaban J connectivity index is 0.000000186. The van der Waals surface area contributed by atoms with Gasteiger partial charge in [-0.05, 0) is 97.1 Å². The molecule has 0 unspecified atom stereocenters. The van der Waals surface area contributed by atoms with Gasteiger partial charge >= 0.3 is 0 Å². The van der Waals surface area contributed by atoms with Crippen molar-refractivity contribution in [1.82, 2.24) is 29.4 Å². The minimum atomic E-state index is -3.77. The Bertz CT molecular complexity index is 3020. The lowest BCUT2D eigenvalue weighted by Crippen LogP contribution is -2.50. The van der Waals surface area contributed by atoms with Crippen LogP contribution in [0.15, 0.2) is 143 Å². The Morgan fingerprint density at radius 1 is 0.582 bits per heavy atom. The summed E-state index contributed by atoms with van der Waals surface area (Å²) in [6.07, 6.45) is 0. The molecule has 1 N–H and O–H groups in total. The molecule has 0 atom stereocenters. The van der Waals surface area contributed by atoms with Crippen molar-refractivity contribution in [3.05, 3.63) is 168 Å². The summed E-state index contributed by atoms with van der Waals surface area (Å²) in [6.45, 7) is 3.55. The molecule has 67 heavy (non-hydrogen) atoms. The van der Waals surface area contributed by atoms with Gasteiger partial charge in [0.1, 0.15) is 34.5 Å². The Hall–Kier alpha value is -7.33. The maximum Gasteiger partial charge on any atom is 0.272 e. The van der Waals surface area contributed by atoms with Gasteiger partial charge in [-0.15, -0.1) is 0 Å². The number of carbonyl (C=O) groups is 2. The van der Waals surface area contributed by atoms with Crippen LogP contribution in [0.25, 0.3) is 0 Å². The largest absolute Gasteiger partial charge is 0.439 e. The summed E-state index contributed by atoms with van der Waals surface area (Å²) < 4.78 is 85.7. The number of hydrogen-bond acceptors (Lipinski definition) is 13. The second kappa shape index (κ2) is 22.7. The summed E-state index contributed by atoms with van der Waals surface area (Å²) >= 11 is 0. The predicted octanol–water partition coefficient (Wildman–Crippen LogP) is 6.58. The van der Waals surface area contributed by atoms with Crippen LogP contribution < -0.4 is 14.8 Å². The lowest BCUT2D eigenvalue weighted by atomic mass is 10.2. The molecule has 2 aliphatic rings. The molecule has 2 amide bonds. The summed E-state index contributed by atoms with van der Waals surface area (Å²) in [5.41, 5.74) is 1.05. The van der Waals surface area contributed by atoms with E-state index in [2.05, 4.69) is 15.3 Å². The van der Waals surface area contributed by atoms with Gasteiger partial charge in [-0.25, -0.2) is 35.6 Å². The van der Waals surface area contributed by atoms with Crippen molar-refractivity contribution in [3.63, 3.8) is 0 Å². The molecule has 2 fully saturated rings. The number of nitrogens with one attached hydrogen (secondary N) is 1. The molecular formula is C46H39ClF2N8O8S2. The Morgan fingerprint density at radius 2 is 1.00 bits per heavy atom. The van der Waals surface area contributed by atoms with E-state index in [0.717, 1.165) is 13.1 Å². The molecule has 4 heterocycles. The molecule has 0 bridgehead atoms. The summed E-state index contributed by atoms with van der Waals surface area (Å²) in [6, 6.07) is 36.0. The van der Waals surface area contributed by atoms with E-state index in [1.807, 2.05) is 12.1 Å². The van der Waals surface area contributed by atoms with Gasteiger partial charge in [-0.2, -0.15) is 14.8 Å². The number of halogens is 3. The third-order valence-electron chi connectivity index (χ3n) is 9.73. The zero-order valence-corrected chi connectivity index (χ0v) is 37.6. The molecule has 21 heteroatoms. The number of nitriles is 2. The SMILES string of the molecule is N#Cc1cccc(S(=O)(=O)Cl)c1.N#Cc1cccc(S(=O)(=O)N2CCN(C(=O)c3cccc(Oc4ccc(F)cc4)n3)CC2)c1.O=C(c1cccc(Oc2ccc(F)cc2)n1)N1CCNCC1. The summed E-state index contributed by atoms with van der Waals surface area (Å²) in [7, 11) is -2.43. The van der Waals surface area contributed by atoms with Crippen LogP contribution in [-0.2, 0) is 19.1 Å². The fraction of sp³-hybridized carbons (Fsp3) is 0.174. The molecular weight excluding hydrogens is 930 g/mol. The van der Waals surface area contributed by atoms with Crippen LogP contribution in [0.2, 0.25) is 0 Å². The standard InChI is InChI=1S/C23H19FN4O4S.C16H16FN3O2.C7H4ClNO2S/c24-18-7-9-19(10-8-18)32-22-6-2-5-21(26-22)23(29)27-11-13-28(14-12-27)33(30,31)20-4-1-3-17(15-20)16-25;17-12-4-6-13(7-5-12)22-15-3-1-2-14(19-15)16(21)20-10-8-18-9-11-20;8-12(10,11)7-3-1-2-6(4-7)5-9/h1-10,15H,11-14H2;1-7,18H,8-11H2;1-4H. The van der Waals surface area contributed by atoms with E-state index in [1.165, 1.54) is 106 Å². The molecule has 16 nitrogen and oxygen atoms in total. The zero-order valence-electron chi connectivity index (χ0n) is 35.2. The van der Waals surface area contributed by atoms with Gasteiger partial charge < -0.3 is 24.6 Å². The van der Waals surface area contributed by atoms with E-state index in [1.54, 1.807) is 41.3 Å². The summed E-state index contributed by atoms with van der Waals surface area (Å²) in [4.78, 5) is 37.1. The average Bonchev–Trinajstić information content (AvgIpc) is 3.35. The van der Waals surface area contributed by atoms with Gasteiger partial charge in [0.15, 0.2) is 0 Å².